The van der Waals surface area contributed by atoms with E-state index in [1.165, 1.54) is 0 Å². The van der Waals surface area contributed by atoms with Crippen LogP contribution in [0.15, 0.2) is 48.0 Å². The third-order valence-electron chi connectivity index (χ3n) is 3.70. The zero-order valence-electron chi connectivity index (χ0n) is 13.6. The average molecular weight is 328 g/mol. The van der Waals surface area contributed by atoms with E-state index in [1.54, 1.807) is 11.8 Å². The molecule has 0 spiro atoms. The van der Waals surface area contributed by atoms with Crippen molar-refractivity contribution in [2.75, 3.05) is 12.9 Å². The quantitative estimate of drug-likeness (QED) is 0.650. The second kappa shape index (κ2) is 6.91. The lowest BCUT2D eigenvalue weighted by Crippen LogP contribution is -2.06. The number of ether oxygens (including phenoxy) is 1. The van der Waals surface area contributed by atoms with Gasteiger partial charge in [0.05, 0.1) is 25.0 Å². The fourth-order valence-electron chi connectivity index (χ4n) is 2.50. The minimum Gasteiger partial charge on any atom is -0.494 e. The van der Waals surface area contributed by atoms with Crippen molar-refractivity contribution in [2.24, 2.45) is 7.05 Å². The van der Waals surface area contributed by atoms with Crippen molar-refractivity contribution in [3.05, 3.63) is 48.5 Å². The van der Waals surface area contributed by atoms with Gasteiger partial charge in [-0.2, -0.15) is 0 Å². The van der Waals surface area contributed by atoms with Crippen LogP contribution >= 0.6 is 11.8 Å². The Morgan fingerprint density at radius 1 is 1.17 bits per heavy atom. The monoisotopic (exact) mass is 328 g/mol. The molecule has 0 aliphatic heterocycles. The molecule has 120 valence electrons. The molecule has 6 heteroatoms. The summed E-state index contributed by atoms with van der Waals surface area (Å²) in [5.41, 5.74) is 2.23. The highest BCUT2D eigenvalue weighted by atomic mass is 32.2. The molecule has 3 aromatic rings. The molecular weight excluding hydrogens is 308 g/mol. The molecule has 0 atom stereocenters. The summed E-state index contributed by atoms with van der Waals surface area (Å²) in [4.78, 5) is 8.93. The smallest absolute Gasteiger partial charge is 0.167 e. The largest absolute Gasteiger partial charge is 0.494 e. The molecule has 0 fully saturated rings. The topological polar surface area (TPSA) is 44.9 Å². The van der Waals surface area contributed by atoms with Crippen molar-refractivity contribution < 1.29 is 4.74 Å². The van der Waals surface area contributed by atoms with Crippen LogP contribution in [-0.4, -0.2) is 32.0 Å². The average Bonchev–Trinajstić information content (AvgIpc) is 3.16. The zero-order valence-corrected chi connectivity index (χ0v) is 14.4. The van der Waals surface area contributed by atoms with Gasteiger partial charge >= 0.3 is 0 Å². The molecule has 0 aliphatic carbocycles. The van der Waals surface area contributed by atoms with Crippen LogP contribution in [-0.2, 0) is 13.6 Å². The highest BCUT2D eigenvalue weighted by molar-refractivity contribution is 7.98. The summed E-state index contributed by atoms with van der Waals surface area (Å²) in [6.45, 7) is 3.40. The molecule has 0 radical (unpaired) electrons. The number of imidazole rings is 2. The molecule has 2 heterocycles. The van der Waals surface area contributed by atoms with Crippen molar-refractivity contribution in [2.45, 2.75) is 18.6 Å². The fourth-order valence-corrected chi connectivity index (χ4v) is 3.05. The van der Waals surface area contributed by atoms with E-state index in [-0.39, 0.29) is 0 Å². The lowest BCUT2D eigenvalue weighted by atomic mass is 10.2. The molecule has 0 saturated heterocycles. The summed E-state index contributed by atoms with van der Waals surface area (Å²) in [5, 5.41) is 1.02. The predicted molar refractivity (Wildman–Crippen MR) is 92.9 cm³/mol. The summed E-state index contributed by atoms with van der Waals surface area (Å²) < 4.78 is 9.75. The molecular formula is C17H20N4OS. The van der Waals surface area contributed by atoms with E-state index in [4.69, 9.17) is 4.74 Å². The molecule has 0 unspecified atom stereocenters. The predicted octanol–water partition coefficient (Wildman–Crippen LogP) is 3.45. The van der Waals surface area contributed by atoms with Crippen molar-refractivity contribution in [1.82, 2.24) is 19.1 Å². The van der Waals surface area contributed by atoms with Crippen LogP contribution in [0.4, 0.5) is 0 Å². The number of hydrogen-bond donors (Lipinski definition) is 0. The summed E-state index contributed by atoms with van der Waals surface area (Å²) >= 11 is 1.65. The van der Waals surface area contributed by atoms with E-state index in [0.717, 1.165) is 34.5 Å². The lowest BCUT2D eigenvalue weighted by Gasteiger charge is -2.10. The van der Waals surface area contributed by atoms with Gasteiger partial charge in [0, 0.05) is 25.0 Å². The van der Waals surface area contributed by atoms with E-state index in [0.29, 0.717) is 6.61 Å². The third-order valence-corrected chi connectivity index (χ3v) is 4.44. The molecule has 3 rings (SSSR count). The minimum absolute atomic E-state index is 0.673. The van der Waals surface area contributed by atoms with Gasteiger partial charge in [0.1, 0.15) is 11.6 Å². The van der Waals surface area contributed by atoms with Gasteiger partial charge in [-0.1, -0.05) is 11.8 Å². The second-order valence-corrected chi connectivity index (χ2v) is 5.90. The number of benzene rings is 1. The highest BCUT2D eigenvalue weighted by Gasteiger charge is 2.10. The van der Waals surface area contributed by atoms with Crippen LogP contribution in [0.5, 0.6) is 5.75 Å². The summed E-state index contributed by atoms with van der Waals surface area (Å²) in [7, 11) is 2.04. The van der Waals surface area contributed by atoms with E-state index < -0.39 is 0 Å². The first-order valence-electron chi connectivity index (χ1n) is 7.52. The first kappa shape index (κ1) is 15.7. The van der Waals surface area contributed by atoms with E-state index in [2.05, 4.69) is 19.1 Å². The van der Waals surface area contributed by atoms with Gasteiger partial charge in [-0.05, 0) is 37.4 Å². The van der Waals surface area contributed by atoms with Gasteiger partial charge in [0.2, 0.25) is 0 Å². The highest BCUT2D eigenvalue weighted by Crippen LogP contribution is 2.22. The fraction of sp³-hybridized carbons (Fsp3) is 0.294. The van der Waals surface area contributed by atoms with Crippen LogP contribution < -0.4 is 4.74 Å². The molecule has 23 heavy (non-hydrogen) atoms. The Labute approximate surface area is 140 Å². The van der Waals surface area contributed by atoms with E-state index >= 15 is 0 Å². The number of thioether (sulfide) groups is 1. The third kappa shape index (κ3) is 3.27. The Hall–Kier alpha value is -2.21. The van der Waals surface area contributed by atoms with Gasteiger partial charge in [-0.15, -0.1) is 0 Å². The molecule has 0 bridgehead atoms. The van der Waals surface area contributed by atoms with Crippen LogP contribution in [0.1, 0.15) is 12.6 Å². The maximum atomic E-state index is 5.49. The molecule has 0 amide bonds. The van der Waals surface area contributed by atoms with Crippen LogP contribution in [0, 0.1) is 0 Å². The molecule has 0 N–H and O–H groups in total. The number of hydrogen-bond acceptors (Lipinski definition) is 4. The van der Waals surface area contributed by atoms with Crippen LogP contribution in [0.3, 0.4) is 0 Å². The number of aromatic nitrogens is 4. The standard InChI is InChI=1S/C17H20N4OS/c1-4-22-15-7-5-13(6-8-15)16-18-9-10-21(16)12-14-11-19-17(23-3)20(14)2/h5-11H,4,12H2,1-3H3. The number of rotatable bonds is 6. The Balaban J connectivity index is 1.85. The Kier molecular flexibility index (Phi) is 4.71. The van der Waals surface area contributed by atoms with Gasteiger partial charge in [0.25, 0.3) is 0 Å². The minimum atomic E-state index is 0.673. The molecule has 2 aromatic heterocycles. The first-order chi connectivity index (χ1) is 11.2. The Morgan fingerprint density at radius 3 is 2.61 bits per heavy atom. The zero-order chi connectivity index (χ0) is 16.2. The molecule has 0 aliphatic rings. The Bertz CT molecular complexity index is 776. The molecule has 5 nitrogen and oxygen atoms in total. The van der Waals surface area contributed by atoms with Crippen LogP contribution in [0.2, 0.25) is 0 Å². The lowest BCUT2D eigenvalue weighted by molar-refractivity contribution is 0.340. The maximum Gasteiger partial charge on any atom is 0.167 e. The van der Waals surface area contributed by atoms with Crippen molar-refractivity contribution in [3.63, 3.8) is 0 Å². The van der Waals surface area contributed by atoms with Crippen molar-refractivity contribution >= 4 is 11.8 Å². The maximum absolute atomic E-state index is 5.49. The molecule has 1 aromatic carbocycles. The van der Waals surface area contributed by atoms with E-state index in [9.17, 15) is 0 Å². The number of nitrogens with zero attached hydrogens (tertiary/aromatic N) is 4. The molecule has 0 saturated carbocycles. The van der Waals surface area contributed by atoms with Crippen LogP contribution in [0.25, 0.3) is 11.4 Å². The summed E-state index contributed by atoms with van der Waals surface area (Å²) in [6.07, 6.45) is 7.79. The second-order valence-electron chi connectivity index (χ2n) is 5.13. The summed E-state index contributed by atoms with van der Waals surface area (Å²) in [5.74, 6) is 1.82. The van der Waals surface area contributed by atoms with Gasteiger partial charge < -0.3 is 13.9 Å². The van der Waals surface area contributed by atoms with E-state index in [1.807, 2.05) is 63.1 Å². The van der Waals surface area contributed by atoms with Gasteiger partial charge in [0.15, 0.2) is 5.16 Å². The van der Waals surface area contributed by atoms with Crippen molar-refractivity contribution in [1.29, 1.82) is 0 Å². The van der Waals surface area contributed by atoms with Gasteiger partial charge in [-0.25, -0.2) is 9.97 Å². The first-order valence-corrected chi connectivity index (χ1v) is 8.74. The van der Waals surface area contributed by atoms with Gasteiger partial charge in [-0.3, -0.25) is 0 Å². The summed E-state index contributed by atoms with van der Waals surface area (Å²) in [6, 6.07) is 8.04. The normalized spacial score (nSPS) is 10.9. The Morgan fingerprint density at radius 2 is 1.96 bits per heavy atom. The van der Waals surface area contributed by atoms with Crippen molar-refractivity contribution in [3.8, 4) is 17.1 Å². The SMILES string of the molecule is CCOc1ccc(-c2nccn2Cc2cnc(SC)n2C)cc1.